The van der Waals surface area contributed by atoms with Crippen molar-refractivity contribution in [3.63, 3.8) is 0 Å². The van der Waals surface area contributed by atoms with Crippen molar-refractivity contribution in [1.82, 2.24) is 0 Å². The molecule has 0 heterocycles. The lowest BCUT2D eigenvalue weighted by molar-refractivity contribution is -0.385. The number of halogens is 1. The van der Waals surface area contributed by atoms with Crippen LogP contribution in [0.4, 0.5) is 5.69 Å². The monoisotopic (exact) mass is 260 g/mol. The Kier molecular flexibility index (Phi) is 3.56. The first kappa shape index (κ1) is 11.1. The van der Waals surface area contributed by atoms with Gasteiger partial charge in [0.2, 0.25) is 0 Å². The van der Waals surface area contributed by atoms with E-state index in [2.05, 4.69) is 15.9 Å². The van der Waals surface area contributed by atoms with Gasteiger partial charge >= 0.3 is 0 Å². The number of rotatable bonds is 3. The lowest BCUT2D eigenvalue weighted by Gasteiger charge is -2.08. The molecule has 0 unspecified atom stereocenters. The Morgan fingerprint density at radius 2 is 2.29 bits per heavy atom. The normalized spacial score (nSPS) is 12.5. The average molecular weight is 261 g/mol. The van der Waals surface area contributed by atoms with Crippen LogP contribution in [-0.4, -0.2) is 16.6 Å². The molecule has 3 N–H and O–H groups in total. The molecule has 0 bridgehead atoms. The lowest BCUT2D eigenvalue weighted by Crippen LogP contribution is -2.16. The summed E-state index contributed by atoms with van der Waals surface area (Å²) in [6, 6.07) is 3.83. The van der Waals surface area contributed by atoms with Gasteiger partial charge in [0, 0.05) is 16.1 Å². The lowest BCUT2D eigenvalue weighted by atomic mass is 10.1. The first-order chi connectivity index (χ1) is 6.56. The SMILES string of the molecule is N[C@@H](CO)c1ccc(Br)cc1[N+](=O)[O-]. The molecule has 0 aliphatic heterocycles. The van der Waals surface area contributed by atoms with Crippen molar-refractivity contribution in [2.24, 2.45) is 5.73 Å². The van der Waals surface area contributed by atoms with Crippen LogP contribution in [0.25, 0.3) is 0 Å². The fourth-order valence-electron chi connectivity index (χ4n) is 1.09. The maximum Gasteiger partial charge on any atom is 0.275 e. The zero-order chi connectivity index (χ0) is 10.7. The molecule has 5 nitrogen and oxygen atoms in total. The third kappa shape index (κ3) is 2.28. The molecule has 0 aromatic heterocycles. The van der Waals surface area contributed by atoms with Gasteiger partial charge < -0.3 is 10.8 Å². The van der Waals surface area contributed by atoms with Crippen LogP contribution in [-0.2, 0) is 0 Å². The van der Waals surface area contributed by atoms with Crippen LogP contribution >= 0.6 is 15.9 Å². The third-order valence-electron chi connectivity index (χ3n) is 1.79. The number of nitrogens with two attached hydrogens (primary N) is 1. The second kappa shape index (κ2) is 4.50. The van der Waals surface area contributed by atoms with E-state index in [4.69, 9.17) is 10.8 Å². The fourth-order valence-corrected chi connectivity index (χ4v) is 1.44. The van der Waals surface area contributed by atoms with Crippen molar-refractivity contribution >= 4 is 21.6 Å². The smallest absolute Gasteiger partial charge is 0.275 e. The van der Waals surface area contributed by atoms with Gasteiger partial charge in [-0.1, -0.05) is 15.9 Å². The van der Waals surface area contributed by atoms with E-state index in [9.17, 15) is 10.1 Å². The maximum atomic E-state index is 10.6. The molecule has 0 saturated carbocycles. The Morgan fingerprint density at radius 1 is 1.64 bits per heavy atom. The molecule has 0 aliphatic rings. The van der Waals surface area contributed by atoms with Gasteiger partial charge in [0.15, 0.2) is 0 Å². The van der Waals surface area contributed by atoms with Crippen LogP contribution in [0, 0.1) is 10.1 Å². The number of hydrogen-bond acceptors (Lipinski definition) is 4. The summed E-state index contributed by atoms with van der Waals surface area (Å²) in [4.78, 5) is 10.1. The second-order valence-corrected chi connectivity index (χ2v) is 3.66. The molecular formula is C8H9BrN2O3. The minimum Gasteiger partial charge on any atom is -0.394 e. The highest BCUT2D eigenvalue weighted by Gasteiger charge is 2.18. The molecule has 14 heavy (non-hydrogen) atoms. The summed E-state index contributed by atoms with van der Waals surface area (Å²) < 4.78 is 0.609. The molecule has 0 fully saturated rings. The minimum absolute atomic E-state index is 0.0825. The fraction of sp³-hybridized carbons (Fsp3) is 0.250. The number of nitro groups is 1. The molecule has 0 spiro atoms. The maximum absolute atomic E-state index is 10.6. The van der Waals surface area contributed by atoms with E-state index in [1.807, 2.05) is 0 Å². The Hall–Kier alpha value is -0.980. The predicted molar refractivity (Wildman–Crippen MR) is 54.8 cm³/mol. The van der Waals surface area contributed by atoms with Crippen molar-refractivity contribution in [1.29, 1.82) is 0 Å². The minimum atomic E-state index is -0.719. The zero-order valence-corrected chi connectivity index (χ0v) is 8.77. The van der Waals surface area contributed by atoms with Crippen molar-refractivity contribution < 1.29 is 10.0 Å². The summed E-state index contributed by atoms with van der Waals surface area (Å²) in [5.41, 5.74) is 5.76. The molecule has 6 heteroatoms. The Labute approximate surface area is 88.8 Å². The molecule has 1 aromatic rings. The highest BCUT2D eigenvalue weighted by molar-refractivity contribution is 9.10. The summed E-state index contributed by atoms with van der Waals surface area (Å²) in [5, 5.41) is 19.4. The Bertz CT molecular complexity index is 356. The van der Waals surface area contributed by atoms with Gasteiger partial charge in [0.25, 0.3) is 5.69 Å². The average Bonchev–Trinajstić information content (AvgIpc) is 2.16. The van der Waals surface area contributed by atoms with Crippen LogP contribution in [0.15, 0.2) is 22.7 Å². The van der Waals surface area contributed by atoms with Gasteiger partial charge in [0.1, 0.15) is 0 Å². The van der Waals surface area contributed by atoms with Gasteiger partial charge in [-0.05, 0) is 12.1 Å². The predicted octanol–water partition coefficient (Wildman–Crippen LogP) is 1.35. The van der Waals surface area contributed by atoms with E-state index in [0.29, 0.717) is 10.0 Å². The van der Waals surface area contributed by atoms with Crippen LogP contribution in [0.2, 0.25) is 0 Å². The molecular weight excluding hydrogens is 252 g/mol. The van der Waals surface area contributed by atoms with E-state index < -0.39 is 11.0 Å². The van der Waals surface area contributed by atoms with E-state index in [1.54, 1.807) is 6.07 Å². The third-order valence-corrected chi connectivity index (χ3v) is 2.28. The van der Waals surface area contributed by atoms with Crippen LogP contribution in [0.3, 0.4) is 0 Å². The molecule has 1 atom stereocenters. The summed E-state index contributed by atoms with van der Waals surface area (Å²) in [7, 11) is 0. The van der Waals surface area contributed by atoms with Crippen LogP contribution in [0.1, 0.15) is 11.6 Å². The van der Waals surface area contributed by atoms with E-state index in [-0.39, 0.29) is 12.3 Å². The zero-order valence-electron chi connectivity index (χ0n) is 7.18. The van der Waals surface area contributed by atoms with Crippen molar-refractivity contribution in [2.75, 3.05) is 6.61 Å². The topological polar surface area (TPSA) is 89.4 Å². The van der Waals surface area contributed by atoms with Gasteiger partial charge in [-0.25, -0.2) is 0 Å². The van der Waals surface area contributed by atoms with Crippen molar-refractivity contribution in [3.8, 4) is 0 Å². The molecule has 1 aromatic carbocycles. The summed E-state index contributed by atoms with van der Waals surface area (Å²) >= 11 is 3.13. The molecule has 0 amide bonds. The molecule has 0 radical (unpaired) electrons. The van der Waals surface area contributed by atoms with Crippen molar-refractivity contribution in [2.45, 2.75) is 6.04 Å². The first-order valence-corrected chi connectivity index (χ1v) is 4.66. The van der Waals surface area contributed by atoms with Gasteiger partial charge in [-0.3, -0.25) is 10.1 Å². The van der Waals surface area contributed by atoms with E-state index >= 15 is 0 Å². The van der Waals surface area contributed by atoms with Crippen LogP contribution < -0.4 is 5.73 Å². The number of aliphatic hydroxyl groups is 1. The summed E-state index contributed by atoms with van der Waals surface area (Å²) in [6.45, 7) is -0.317. The standard InChI is InChI=1S/C8H9BrN2O3/c9-5-1-2-6(7(10)4-12)8(3-5)11(13)14/h1-3,7,12H,4,10H2/t7-/m0/s1. The number of nitrogens with zero attached hydrogens (tertiary/aromatic N) is 1. The van der Waals surface area contributed by atoms with E-state index in [0.717, 1.165) is 0 Å². The second-order valence-electron chi connectivity index (χ2n) is 2.75. The van der Waals surface area contributed by atoms with Gasteiger partial charge in [-0.2, -0.15) is 0 Å². The molecule has 76 valence electrons. The van der Waals surface area contributed by atoms with Crippen LogP contribution in [0.5, 0.6) is 0 Å². The quantitative estimate of drug-likeness (QED) is 0.634. The number of hydrogen-bond donors (Lipinski definition) is 2. The largest absolute Gasteiger partial charge is 0.394 e. The van der Waals surface area contributed by atoms with E-state index in [1.165, 1.54) is 12.1 Å². The van der Waals surface area contributed by atoms with Gasteiger partial charge in [-0.15, -0.1) is 0 Å². The molecule has 0 aliphatic carbocycles. The summed E-state index contributed by atoms with van der Waals surface area (Å²) in [6.07, 6.45) is 0. The molecule has 1 rings (SSSR count). The number of nitro benzene ring substituents is 1. The first-order valence-electron chi connectivity index (χ1n) is 3.86. The number of aliphatic hydroxyl groups excluding tert-OH is 1. The Morgan fingerprint density at radius 3 is 2.79 bits per heavy atom. The van der Waals surface area contributed by atoms with Crippen molar-refractivity contribution in [3.05, 3.63) is 38.3 Å². The van der Waals surface area contributed by atoms with Gasteiger partial charge in [0.05, 0.1) is 17.6 Å². The highest BCUT2D eigenvalue weighted by Crippen LogP contribution is 2.27. The highest BCUT2D eigenvalue weighted by atomic mass is 79.9. The molecule has 0 saturated heterocycles. The summed E-state index contributed by atoms with van der Waals surface area (Å²) in [5.74, 6) is 0. The Balaban J connectivity index is 3.21. The number of benzene rings is 1.